The third-order valence-corrected chi connectivity index (χ3v) is 8.35. The SMILES string of the molecule is COc1ccc(C2CCCCC2)cc1NC(=O)Nc1ccc(-c2ccc(CN3CCOCC3)nc2)c2ccccc12. The average molecular weight is 551 g/mol. The molecule has 2 heterocycles. The van der Waals surface area contributed by atoms with Crippen LogP contribution in [0.3, 0.4) is 0 Å². The second-order valence-corrected chi connectivity index (χ2v) is 11.0. The van der Waals surface area contributed by atoms with E-state index in [1.807, 2.05) is 36.5 Å². The number of pyridine rings is 1. The number of benzene rings is 3. The molecule has 0 radical (unpaired) electrons. The number of carbonyl (C=O) groups is 1. The molecule has 0 spiro atoms. The Morgan fingerprint density at radius 3 is 2.46 bits per heavy atom. The van der Waals surface area contributed by atoms with Crippen LogP contribution in [0.5, 0.6) is 5.75 Å². The maximum atomic E-state index is 13.2. The molecular formula is C34H38N4O3. The molecule has 1 aliphatic carbocycles. The van der Waals surface area contributed by atoms with E-state index >= 15 is 0 Å². The molecule has 2 fully saturated rings. The van der Waals surface area contributed by atoms with E-state index in [1.54, 1.807) is 7.11 Å². The number of hydrogen-bond donors (Lipinski definition) is 2. The van der Waals surface area contributed by atoms with Crippen LogP contribution in [0.15, 0.2) is 72.9 Å². The van der Waals surface area contributed by atoms with Crippen LogP contribution in [0, 0.1) is 0 Å². The standard InChI is InChI=1S/C34H38N4O3/c1-40-33-16-12-25(24-7-3-2-4-8-24)21-32(33)37-34(39)36-31-15-14-28(29-9-5-6-10-30(29)31)26-11-13-27(35-22-26)23-38-17-19-41-20-18-38/h5-6,9-16,21-22,24H,2-4,7-8,17-20,23H2,1H3,(H2,36,37,39). The zero-order valence-corrected chi connectivity index (χ0v) is 23.7. The highest BCUT2D eigenvalue weighted by atomic mass is 16.5. The van der Waals surface area contributed by atoms with E-state index in [1.165, 1.54) is 37.7 Å². The number of hydrogen-bond acceptors (Lipinski definition) is 5. The van der Waals surface area contributed by atoms with Crippen molar-refractivity contribution in [3.8, 4) is 16.9 Å². The molecule has 0 bridgehead atoms. The smallest absolute Gasteiger partial charge is 0.323 e. The minimum absolute atomic E-state index is 0.295. The molecule has 7 heteroatoms. The lowest BCUT2D eigenvalue weighted by Crippen LogP contribution is -2.35. The number of nitrogens with one attached hydrogen (secondary N) is 2. The number of anilines is 2. The molecule has 2 amide bonds. The average Bonchev–Trinajstić information content (AvgIpc) is 3.02. The number of fused-ring (bicyclic) bond motifs is 1. The first-order chi connectivity index (χ1) is 20.2. The quantitative estimate of drug-likeness (QED) is 0.250. The second kappa shape index (κ2) is 12.7. The lowest BCUT2D eigenvalue weighted by molar-refractivity contribution is 0.0336. The Bertz CT molecular complexity index is 1490. The lowest BCUT2D eigenvalue weighted by Gasteiger charge is -2.26. The molecule has 1 saturated heterocycles. The van der Waals surface area contributed by atoms with Gasteiger partial charge in [0.15, 0.2) is 0 Å². The first-order valence-corrected chi connectivity index (χ1v) is 14.7. The van der Waals surface area contributed by atoms with E-state index in [9.17, 15) is 4.79 Å². The number of rotatable bonds is 7. The van der Waals surface area contributed by atoms with E-state index in [2.05, 4.69) is 51.9 Å². The summed E-state index contributed by atoms with van der Waals surface area (Å²) < 4.78 is 11.0. The molecule has 6 rings (SSSR count). The van der Waals surface area contributed by atoms with Gasteiger partial charge in [-0.25, -0.2) is 4.79 Å². The van der Waals surface area contributed by atoms with Gasteiger partial charge in [-0.3, -0.25) is 9.88 Å². The lowest BCUT2D eigenvalue weighted by atomic mass is 9.84. The monoisotopic (exact) mass is 550 g/mol. The van der Waals surface area contributed by atoms with Crippen molar-refractivity contribution in [3.05, 3.63) is 84.2 Å². The summed E-state index contributed by atoms with van der Waals surface area (Å²) in [6.07, 6.45) is 8.17. The van der Waals surface area contributed by atoms with Gasteiger partial charge >= 0.3 is 6.03 Å². The van der Waals surface area contributed by atoms with Crippen molar-refractivity contribution in [2.75, 3.05) is 44.0 Å². The van der Waals surface area contributed by atoms with Crippen LogP contribution in [0.25, 0.3) is 21.9 Å². The number of amides is 2. The molecule has 41 heavy (non-hydrogen) atoms. The van der Waals surface area contributed by atoms with Gasteiger partial charge in [0, 0.05) is 36.8 Å². The van der Waals surface area contributed by atoms with Crippen molar-refractivity contribution in [1.82, 2.24) is 9.88 Å². The van der Waals surface area contributed by atoms with Crippen LogP contribution < -0.4 is 15.4 Å². The van der Waals surface area contributed by atoms with Gasteiger partial charge in [-0.2, -0.15) is 0 Å². The van der Waals surface area contributed by atoms with Gasteiger partial charge in [-0.05, 0) is 59.5 Å². The highest BCUT2D eigenvalue weighted by Gasteiger charge is 2.19. The fourth-order valence-corrected chi connectivity index (χ4v) is 6.11. The first-order valence-electron chi connectivity index (χ1n) is 14.7. The fourth-order valence-electron chi connectivity index (χ4n) is 6.11. The Kier molecular flexibility index (Phi) is 8.44. The topological polar surface area (TPSA) is 75.7 Å². The van der Waals surface area contributed by atoms with E-state index in [0.29, 0.717) is 17.4 Å². The number of nitrogens with zero attached hydrogens (tertiary/aromatic N) is 2. The molecule has 1 aromatic heterocycles. The number of ether oxygens (including phenoxy) is 2. The van der Waals surface area contributed by atoms with E-state index in [-0.39, 0.29) is 6.03 Å². The van der Waals surface area contributed by atoms with Gasteiger partial charge < -0.3 is 20.1 Å². The maximum absolute atomic E-state index is 13.2. The number of aromatic nitrogens is 1. The van der Waals surface area contributed by atoms with Crippen molar-refractivity contribution in [2.45, 2.75) is 44.6 Å². The minimum atomic E-state index is -0.295. The molecule has 3 aromatic carbocycles. The van der Waals surface area contributed by atoms with E-state index in [4.69, 9.17) is 14.5 Å². The minimum Gasteiger partial charge on any atom is -0.495 e. The molecule has 1 aliphatic heterocycles. The van der Waals surface area contributed by atoms with Crippen LogP contribution in [0.2, 0.25) is 0 Å². The Balaban J connectivity index is 1.20. The number of morpholine rings is 1. The van der Waals surface area contributed by atoms with Gasteiger partial charge in [0.25, 0.3) is 0 Å². The molecule has 2 aliphatic rings. The Hall–Kier alpha value is -3.94. The summed E-state index contributed by atoms with van der Waals surface area (Å²) in [5, 5.41) is 8.16. The first kappa shape index (κ1) is 27.2. The predicted octanol–water partition coefficient (Wildman–Crippen LogP) is 7.43. The number of carbonyl (C=O) groups excluding carboxylic acids is 1. The zero-order valence-electron chi connectivity index (χ0n) is 23.7. The highest BCUT2D eigenvalue weighted by molar-refractivity contribution is 6.10. The summed E-state index contributed by atoms with van der Waals surface area (Å²) in [6, 6.07) is 22.3. The van der Waals surface area contributed by atoms with Crippen molar-refractivity contribution in [3.63, 3.8) is 0 Å². The highest BCUT2D eigenvalue weighted by Crippen LogP contribution is 2.37. The predicted molar refractivity (Wildman–Crippen MR) is 165 cm³/mol. The summed E-state index contributed by atoms with van der Waals surface area (Å²) in [4.78, 5) is 20.4. The normalized spacial score (nSPS) is 16.4. The molecule has 1 saturated carbocycles. The van der Waals surface area contributed by atoms with Crippen LogP contribution in [0.1, 0.15) is 49.3 Å². The van der Waals surface area contributed by atoms with E-state index in [0.717, 1.165) is 66.1 Å². The van der Waals surface area contributed by atoms with Gasteiger partial charge in [-0.15, -0.1) is 0 Å². The van der Waals surface area contributed by atoms with E-state index < -0.39 is 0 Å². The Morgan fingerprint density at radius 1 is 0.927 bits per heavy atom. The molecule has 7 nitrogen and oxygen atoms in total. The third kappa shape index (κ3) is 6.37. The van der Waals surface area contributed by atoms with Crippen molar-refractivity contribution < 1.29 is 14.3 Å². The Morgan fingerprint density at radius 2 is 1.71 bits per heavy atom. The third-order valence-electron chi connectivity index (χ3n) is 8.35. The van der Waals surface area contributed by atoms with Crippen LogP contribution >= 0.6 is 0 Å². The summed E-state index contributed by atoms with van der Waals surface area (Å²) in [5.74, 6) is 1.20. The van der Waals surface area contributed by atoms with Gasteiger partial charge in [0.05, 0.1) is 37.4 Å². The molecule has 4 aromatic rings. The zero-order chi connectivity index (χ0) is 28.0. The summed E-state index contributed by atoms with van der Waals surface area (Å²) in [7, 11) is 1.63. The van der Waals surface area contributed by atoms with Crippen LogP contribution in [0.4, 0.5) is 16.2 Å². The molecule has 0 atom stereocenters. The molecule has 2 N–H and O–H groups in total. The summed E-state index contributed by atoms with van der Waals surface area (Å²) in [6.45, 7) is 4.27. The van der Waals surface area contributed by atoms with Crippen LogP contribution in [-0.4, -0.2) is 49.3 Å². The Labute approximate surface area is 241 Å². The number of methoxy groups -OCH3 is 1. The molecule has 0 unspecified atom stereocenters. The summed E-state index contributed by atoms with van der Waals surface area (Å²) in [5.41, 5.74) is 5.89. The van der Waals surface area contributed by atoms with Crippen molar-refractivity contribution >= 4 is 28.2 Å². The molecular weight excluding hydrogens is 512 g/mol. The molecule has 212 valence electrons. The largest absolute Gasteiger partial charge is 0.495 e. The van der Waals surface area contributed by atoms with Crippen LogP contribution in [-0.2, 0) is 11.3 Å². The van der Waals surface area contributed by atoms with Crippen molar-refractivity contribution in [1.29, 1.82) is 0 Å². The fraction of sp³-hybridized carbons (Fsp3) is 0.353. The van der Waals surface area contributed by atoms with Crippen molar-refractivity contribution in [2.24, 2.45) is 0 Å². The summed E-state index contributed by atoms with van der Waals surface area (Å²) >= 11 is 0. The maximum Gasteiger partial charge on any atom is 0.323 e. The van der Waals surface area contributed by atoms with Gasteiger partial charge in [-0.1, -0.05) is 61.7 Å². The van der Waals surface area contributed by atoms with Gasteiger partial charge in [0.2, 0.25) is 0 Å². The second-order valence-electron chi connectivity index (χ2n) is 11.0. The number of urea groups is 1. The van der Waals surface area contributed by atoms with Gasteiger partial charge in [0.1, 0.15) is 5.75 Å².